The van der Waals surface area contributed by atoms with Gasteiger partial charge in [-0.15, -0.1) is 0 Å². The van der Waals surface area contributed by atoms with Gasteiger partial charge in [-0.2, -0.15) is 0 Å². The second kappa shape index (κ2) is 8.79. The van der Waals surface area contributed by atoms with E-state index >= 15 is 0 Å². The summed E-state index contributed by atoms with van der Waals surface area (Å²) in [6.45, 7) is 12.2. The fraction of sp³-hybridized carbons (Fsp3) is 0.476. The molecule has 0 fully saturated rings. The van der Waals surface area contributed by atoms with Crippen molar-refractivity contribution < 1.29 is 4.79 Å². The Morgan fingerprint density at radius 3 is 2.15 bits per heavy atom. The van der Waals surface area contributed by atoms with E-state index in [9.17, 15) is 4.79 Å². The Morgan fingerprint density at radius 2 is 1.62 bits per heavy atom. The highest BCUT2D eigenvalue weighted by Gasteiger charge is 2.18. The van der Waals surface area contributed by atoms with Crippen LogP contribution in [0.2, 0.25) is 0 Å². The number of carbonyl (C=O) groups is 1. The van der Waals surface area contributed by atoms with Gasteiger partial charge in [0.05, 0.1) is 5.56 Å². The lowest BCUT2D eigenvalue weighted by Crippen LogP contribution is -2.32. The van der Waals surface area contributed by atoms with Crippen LogP contribution in [0.3, 0.4) is 0 Å². The summed E-state index contributed by atoms with van der Waals surface area (Å²) in [4.78, 5) is 23.2. The topological polar surface area (TPSA) is 58.1 Å². The molecule has 0 spiro atoms. The summed E-state index contributed by atoms with van der Waals surface area (Å²) in [7, 11) is 0. The lowest BCUT2D eigenvalue weighted by molar-refractivity contribution is 0.0754. The second-order valence-corrected chi connectivity index (χ2v) is 7.51. The van der Waals surface area contributed by atoms with E-state index in [-0.39, 0.29) is 11.3 Å². The van der Waals surface area contributed by atoms with Crippen molar-refractivity contribution in [2.24, 2.45) is 0 Å². The number of anilines is 2. The van der Waals surface area contributed by atoms with Crippen molar-refractivity contribution in [3.05, 3.63) is 47.8 Å². The fourth-order valence-electron chi connectivity index (χ4n) is 2.91. The molecule has 0 saturated carbocycles. The zero-order chi connectivity index (χ0) is 19.2. The molecule has 0 aliphatic carbocycles. The lowest BCUT2D eigenvalue weighted by atomic mass is 9.86. The Hall–Kier alpha value is -2.43. The summed E-state index contributed by atoms with van der Waals surface area (Å²) < 4.78 is 0. The van der Waals surface area contributed by atoms with Crippen molar-refractivity contribution in [3.8, 4) is 0 Å². The average molecular weight is 354 g/mol. The minimum atomic E-state index is -0.00431. The van der Waals surface area contributed by atoms with Gasteiger partial charge in [0, 0.05) is 31.2 Å². The van der Waals surface area contributed by atoms with Crippen LogP contribution in [0, 0.1) is 0 Å². The Bertz CT molecular complexity index is 714. The smallest absolute Gasteiger partial charge is 0.256 e. The van der Waals surface area contributed by atoms with Crippen molar-refractivity contribution in [2.45, 2.75) is 52.9 Å². The first-order valence-electron chi connectivity index (χ1n) is 9.34. The first-order chi connectivity index (χ1) is 12.4. The Morgan fingerprint density at radius 1 is 1.04 bits per heavy atom. The molecule has 1 heterocycles. The van der Waals surface area contributed by atoms with Crippen LogP contribution in [-0.4, -0.2) is 33.9 Å². The van der Waals surface area contributed by atoms with Gasteiger partial charge in [-0.25, -0.2) is 9.97 Å². The lowest BCUT2D eigenvalue weighted by Gasteiger charge is -2.23. The van der Waals surface area contributed by atoms with E-state index in [2.05, 4.69) is 56.0 Å². The molecular weight excluding hydrogens is 324 g/mol. The second-order valence-electron chi connectivity index (χ2n) is 7.51. The summed E-state index contributed by atoms with van der Waals surface area (Å²) in [5.41, 5.74) is 2.72. The van der Waals surface area contributed by atoms with Gasteiger partial charge in [-0.3, -0.25) is 4.79 Å². The molecule has 1 aromatic carbocycles. The summed E-state index contributed by atoms with van der Waals surface area (Å²) >= 11 is 0. The largest absolute Gasteiger partial charge is 0.339 e. The molecule has 0 unspecified atom stereocenters. The predicted octanol–water partition coefficient (Wildman–Crippen LogP) is 4.78. The molecule has 0 atom stereocenters. The predicted molar refractivity (Wildman–Crippen MR) is 107 cm³/mol. The van der Waals surface area contributed by atoms with Crippen molar-refractivity contribution >= 4 is 17.5 Å². The van der Waals surface area contributed by atoms with Crippen LogP contribution in [0.4, 0.5) is 11.6 Å². The van der Waals surface area contributed by atoms with E-state index in [1.165, 1.54) is 5.56 Å². The number of rotatable bonds is 7. The molecule has 0 bridgehead atoms. The van der Waals surface area contributed by atoms with Gasteiger partial charge >= 0.3 is 0 Å². The van der Waals surface area contributed by atoms with Crippen LogP contribution in [0.1, 0.15) is 63.4 Å². The molecule has 2 rings (SSSR count). The highest BCUT2D eigenvalue weighted by molar-refractivity contribution is 5.93. The molecule has 26 heavy (non-hydrogen) atoms. The number of amides is 1. The summed E-state index contributed by atoms with van der Waals surface area (Å²) in [5, 5.41) is 3.28. The normalized spacial score (nSPS) is 11.3. The molecule has 2 aromatic rings. The van der Waals surface area contributed by atoms with Crippen LogP contribution in [0.25, 0.3) is 0 Å². The Balaban J connectivity index is 2.17. The van der Waals surface area contributed by atoms with Crippen molar-refractivity contribution in [1.29, 1.82) is 0 Å². The molecule has 0 radical (unpaired) electrons. The first-order valence-corrected chi connectivity index (χ1v) is 9.34. The maximum absolute atomic E-state index is 12.6. The highest BCUT2D eigenvalue weighted by Crippen LogP contribution is 2.30. The molecule has 0 saturated heterocycles. The third-order valence-corrected chi connectivity index (χ3v) is 4.15. The minimum Gasteiger partial charge on any atom is -0.339 e. The van der Waals surface area contributed by atoms with Crippen molar-refractivity contribution in [3.63, 3.8) is 0 Å². The molecule has 5 heteroatoms. The molecule has 1 amide bonds. The molecule has 0 aliphatic rings. The number of carbonyl (C=O) groups excluding carboxylic acids is 1. The van der Waals surface area contributed by atoms with Gasteiger partial charge in [0.25, 0.3) is 5.91 Å². The highest BCUT2D eigenvalue weighted by atomic mass is 16.2. The van der Waals surface area contributed by atoms with Gasteiger partial charge in [0.1, 0.15) is 0 Å². The van der Waals surface area contributed by atoms with E-state index in [1.807, 2.05) is 23.1 Å². The summed E-state index contributed by atoms with van der Waals surface area (Å²) in [6.07, 6.45) is 5.09. The van der Waals surface area contributed by atoms with Crippen LogP contribution >= 0.6 is 0 Å². The van der Waals surface area contributed by atoms with Crippen molar-refractivity contribution in [2.75, 3.05) is 18.4 Å². The molecule has 5 nitrogen and oxygen atoms in total. The number of nitrogens with zero attached hydrogens (tertiary/aromatic N) is 3. The molecule has 1 aromatic heterocycles. The van der Waals surface area contributed by atoms with Gasteiger partial charge in [0.15, 0.2) is 0 Å². The van der Waals surface area contributed by atoms with E-state index in [1.54, 1.807) is 12.4 Å². The Labute approximate surface area is 156 Å². The Kier molecular flexibility index (Phi) is 6.72. The molecular formula is C21H30N4O. The number of hydrogen-bond acceptors (Lipinski definition) is 4. The van der Waals surface area contributed by atoms with Gasteiger partial charge in [-0.1, -0.05) is 52.8 Å². The van der Waals surface area contributed by atoms with Crippen LogP contribution < -0.4 is 5.32 Å². The standard InChI is InChI=1S/C21H30N4O/c1-6-12-25(13-7-2)19(26)16-14-22-20(23-15-16)24-18-11-9-8-10-17(18)21(3,4)5/h8-11,14-15H,6-7,12-13H2,1-5H3,(H,22,23,24). The van der Waals surface area contributed by atoms with Crippen molar-refractivity contribution in [1.82, 2.24) is 14.9 Å². The van der Waals surface area contributed by atoms with E-state index < -0.39 is 0 Å². The summed E-state index contributed by atoms with van der Waals surface area (Å²) in [5.74, 6) is 0.492. The third kappa shape index (κ3) is 5.04. The van der Waals surface area contributed by atoms with Crippen LogP contribution in [0.15, 0.2) is 36.7 Å². The SMILES string of the molecule is CCCN(CCC)C(=O)c1cnc(Nc2ccccc2C(C)(C)C)nc1. The minimum absolute atomic E-state index is 0.00431. The monoisotopic (exact) mass is 354 g/mol. The number of hydrogen-bond donors (Lipinski definition) is 1. The number of aromatic nitrogens is 2. The first kappa shape index (κ1) is 19.9. The fourth-order valence-corrected chi connectivity index (χ4v) is 2.91. The summed E-state index contributed by atoms with van der Waals surface area (Å²) in [6, 6.07) is 8.15. The molecule has 140 valence electrons. The van der Waals surface area contributed by atoms with E-state index in [0.717, 1.165) is 31.6 Å². The zero-order valence-corrected chi connectivity index (χ0v) is 16.5. The van der Waals surface area contributed by atoms with E-state index in [4.69, 9.17) is 0 Å². The maximum atomic E-state index is 12.6. The average Bonchev–Trinajstić information content (AvgIpc) is 2.61. The third-order valence-electron chi connectivity index (χ3n) is 4.15. The number of para-hydroxylation sites is 1. The quantitative estimate of drug-likeness (QED) is 0.777. The number of benzene rings is 1. The van der Waals surface area contributed by atoms with Gasteiger partial charge in [0.2, 0.25) is 5.95 Å². The van der Waals surface area contributed by atoms with E-state index in [0.29, 0.717) is 11.5 Å². The molecule has 0 aliphatic heterocycles. The number of nitrogens with one attached hydrogen (secondary N) is 1. The zero-order valence-electron chi connectivity index (χ0n) is 16.5. The molecule has 1 N–H and O–H groups in total. The van der Waals surface area contributed by atoms with Gasteiger partial charge in [-0.05, 0) is 29.9 Å². The van der Waals surface area contributed by atoms with Crippen LogP contribution in [0.5, 0.6) is 0 Å². The van der Waals surface area contributed by atoms with Gasteiger partial charge < -0.3 is 10.2 Å². The van der Waals surface area contributed by atoms with Crippen LogP contribution in [-0.2, 0) is 5.41 Å². The maximum Gasteiger partial charge on any atom is 0.256 e.